The van der Waals surface area contributed by atoms with Crippen LogP contribution in [0.4, 0.5) is 5.69 Å². The molecule has 0 bridgehead atoms. The number of rotatable bonds is 5. The predicted octanol–water partition coefficient (Wildman–Crippen LogP) is 2.08. The molecule has 0 fully saturated rings. The SMILES string of the molecule is Cn1c(=O)[nH]c(=O)c2c1nc(CNc1ccccc1)n2Cc1ccccc1. The summed E-state index contributed by atoms with van der Waals surface area (Å²) in [6.07, 6.45) is 0. The molecule has 0 saturated carbocycles. The highest BCUT2D eigenvalue weighted by Crippen LogP contribution is 2.15. The van der Waals surface area contributed by atoms with Gasteiger partial charge in [0.25, 0.3) is 5.56 Å². The number of hydrogen-bond donors (Lipinski definition) is 2. The Labute approximate surface area is 154 Å². The Morgan fingerprint density at radius 1 is 1.00 bits per heavy atom. The van der Waals surface area contributed by atoms with E-state index in [2.05, 4.69) is 15.3 Å². The van der Waals surface area contributed by atoms with Gasteiger partial charge in [-0.1, -0.05) is 48.5 Å². The Morgan fingerprint density at radius 3 is 2.37 bits per heavy atom. The van der Waals surface area contributed by atoms with E-state index >= 15 is 0 Å². The molecule has 0 atom stereocenters. The number of imidazole rings is 1. The number of aromatic amines is 1. The van der Waals surface area contributed by atoms with E-state index < -0.39 is 11.2 Å². The van der Waals surface area contributed by atoms with E-state index in [1.807, 2.05) is 65.2 Å². The van der Waals surface area contributed by atoms with Crippen molar-refractivity contribution in [2.75, 3.05) is 5.32 Å². The first-order valence-electron chi connectivity index (χ1n) is 8.65. The van der Waals surface area contributed by atoms with E-state index in [0.717, 1.165) is 11.3 Å². The highest BCUT2D eigenvalue weighted by atomic mass is 16.2. The van der Waals surface area contributed by atoms with E-state index in [9.17, 15) is 9.59 Å². The van der Waals surface area contributed by atoms with Gasteiger partial charge in [-0.3, -0.25) is 14.3 Å². The molecule has 4 aromatic rings. The zero-order chi connectivity index (χ0) is 18.8. The molecule has 7 heteroatoms. The van der Waals surface area contributed by atoms with Crippen molar-refractivity contribution in [1.29, 1.82) is 0 Å². The molecule has 4 rings (SSSR count). The Morgan fingerprint density at radius 2 is 1.67 bits per heavy atom. The molecule has 0 aliphatic heterocycles. The fourth-order valence-electron chi connectivity index (χ4n) is 3.09. The second kappa shape index (κ2) is 6.95. The zero-order valence-corrected chi connectivity index (χ0v) is 14.8. The summed E-state index contributed by atoms with van der Waals surface area (Å²) in [5.74, 6) is 0.685. The summed E-state index contributed by atoms with van der Waals surface area (Å²) in [7, 11) is 1.61. The minimum absolute atomic E-state index is 0.379. The second-order valence-corrected chi connectivity index (χ2v) is 6.31. The lowest BCUT2D eigenvalue weighted by Gasteiger charge is -2.10. The van der Waals surface area contributed by atoms with Gasteiger partial charge in [0.05, 0.1) is 6.54 Å². The molecule has 2 aromatic heterocycles. The van der Waals surface area contributed by atoms with Gasteiger partial charge in [-0.15, -0.1) is 0 Å². The van der Waals surface area contributed by atoms with Gasteiger partial charge in [-0.2, -0.15) is 0 Å². The molecule has 7 nitrogen and oxygen atoms in total. The van der Waals surface area contributed by atoms with Crippen molar-refractivity contribution in [3.63, 3.8) is 0 Å². The molecule has 0 aliphatic rings. The molecule has 0 aliphatic carbocycles. The summed E-state index contributed by atoms with van der Waals surface area (Å²) in [4.78, 5) is 31.4. The van der Waals surface area contributed by atoms with Crippen LogP contribution in [0.2, 0.25) is 0 Å². The van der Waals surface area contributed by atoms with Crippen LogP contribution < -0.4 is 16.6 Å². The number of fused-ring (bicyclic) bond motifs is 1. The number of aromatic nitrogens is 4. The minimum atomic E-state index is -0.473. The molecule has 0 saturated heterocycles. The minimum Gasteiger partial charge on any atom is -0.378 e. The highest BCUT2D eigenvalue weighted by Gasteiger charge is 2.17. The van der Waals surface area contributed by atoms with Crippen LogP contribution in [0.15, 0.2) is 70.3 Å². The quantitative estimate of drug-likeness (QED) is 0.570. The third-order valence-electron chi connectivity index (χ3n) is 4.49. The fraction of sp³-hybridized carbons (Fsp3) is 0.150. The van der Waals surface area contributed by atoms with Crippen LogP contribution in [0.3, 0.4) is 0 Å². The number of H-pyrrole nitrogens is 1. The summed E-state index contributed by atoms with van der Waals surface area (Å²) in [6, 6.07) is 19.6. The Kier molecular flexibility index (Phi) is 4.33. The van der Waals surface area contributed by atoms with Crippen LogP contribution in [-0.4, -0.2) is 19.1 Å². The summed E-state index contributed by atoms with van der Waals surface area (Å²) in [6.45, 7) is 0.920. The highest BCUT2D eigenvalue weighted by molar-refractivity contribution is 5.71. The number of aryl methyl sites for hydroxylation is 1. The molecule has 0 amide bonds. The van der Waals surface area contributed by atoms with E-state index in [-0.39, 0.29) is 0 Å². The first-order chi connectivity index (χ1) is 13.1. The lowest BCUT2D eigenvalue weighted by atomic mass is 10.2. The predicted molar refractivity (Wildman–Crippen MR) is 105 cm³/mol. The molecule has 2 N–H and O–H groups in total. The fourth-order valence-corrected chi connectivity index (χ4v) is 3.09. The molecule has 2 aromatic carbocycles. The van der Waals surface area contributed by atoms with Crippen LogP contribution in [0.1, 0.15) is 11.4 Å². The molecule has 136 valence electrons. The number of nitrogens with zero attached hydrogens (tertiary/aromatic N) is 3. The summed E-state index contributed by atoms with van der Waals surface area (Å²) < 4.78 is 3.23. The average molecular weight is 361 g/mol. The van der Waals surface area contributed by atoms with Gasteiger partial charge in [-0.25, -0.2) is 9.78 Å². The Hall–Kier alpha value is -3.61. The maximum Gasteiger partial charge on any atom is 0.329 e. The van der Waals surface area contributed by atoms with Gasteiger partial charge in [0.2, 0.25) is 0 Å². The maximum absolute atomic E-state index is 12.5. The smallest absolute Gasteiger partial charge is 0.329 e. The van der Waals surface area contributed by atoms with Gasteiger partial charge in [-0.05, 0) is 17.7 Å². The first-order valence-corrected chi connectivity index (χ1v) is 8.65. The lowest BCUT2D eigenvalue weighted by molar-refractivity contribution is 0.753. The molecule has 0 radical (unpaired) electrons. The van der Waals surface area contributed by atoms with Crippen molar-refractivity contribution in [1.82, 2.24) is 19.1 Å². The standard InChI is InChI=1S/C20H19N5O2/c1-24-18-17(19(26)23-20(24)27)25(13-14-8-4-2-5-9-14)16(22-18)12-21-15-10-6-3-7-11-15/h2-11,21H,12-13H2,1H3,(H,23,26,27). The summed E-state index contributed by atoms with van der Waals surface area (Å²) in [5, 5.41) is 3.32. The van der Waals surface area contributed by atoms with Crippen molar-refractivity contribution < 1.29 is 0 Å². The zero-order valence-electron chi connectivity index (χ0n) is 14.8. The number of benzene rings is 2. The van der Waals surface area contributed by atoms with Crippen LogP contribution in [0.25, 0.3) is 11.2 Å². The van der Waals surface area contributed by atoms with Crippen molar-refractivity contribution in [2.24, 2.45) is 7.05 Å². The third-order valence-corrected chi connectivity index (χ3v) is 4.49. The lowest BCUT2D eigenvalue weighted by Crippen LogP contribution is -2.29. The van der Waals surface area contributed by atoms with Crippen LogP contribution in [0.5, 0.6) is 0 Å². The van der Waals surface area contributed by atoms with Crippen LogP contribution in [-0.2, 0) is 20.1 Å². The van der Waals surface area contributed by atoms with Gasteiger partial charge in [0, 0.05) is 19.3 Å². The van der Waals surface area contributed by atoms with Gasteiger partial charge < -0.3 is 9.88 Å². The van der Waals surface area contributed by atoms with Crippen molar-refractivity contribution in [3.05, 3.63) is 92.9 Å². The molecule has 27 heavy (non-hydrogen) atoms. The molecular formula is C20H19N5O2. The molecule has 0 spiro atoms. The molecular weight excluding hydrogens is 342 g/mol. The Bertz CT molecular complexity index is 1190. The number of nitrogens with one attached hydrogen (secondary N) is 2. The molecule has 2 heterocycles. The van der Waals surface area contributed by atoms with Crippen molar-refractivity contribution in [2.45, 2.75) is 13.1 Å². The third kappa shape index (κ3) is 3.27. The van der Waals surface area contributed by atoms with Crippen molar-refractivity contribution in [3.8, 4) is 0 Å². The first kappa shape index (κ1) is 16.8. The second-order valence-electron chi connectivity index (χ2n) is 6.31. The van der Waals surface area contributed by atoms with Crippen LogP contribution in [0, 0.1) is 0 Å². The topological polar surface area (TPSA) is 84.7 Å². The Balaban J connectivity index is 1.82. The normalized spacial score (nSPS) is 11.0. The van der Waals surface area contributed by atoms with Gasteiger partial charge in [0.1, 0.15) is 5.82 Å². The van der Waals surface area contributed by atoms with E-state index in [1.165, 1.54) is 4.57 Å². The largest absolute Gasteiger partial charge is 0.378 e. The average Bonchev–Trinajstić information content (AvgIpc) is 3.05. The summed E-state index contributed by atoms with van der Waals surface area (Å²) >= 11 is 0. The van der Waals surface area contributed by atoms with E-state index in [1.54, 1.807) is 7.05 Å². The van der Waals surface area contributed by atoms with Gasteiger partial charge >= 0.3 is 5.69 Å². The summed E-state index contributed by atoms with van der Waals surface area (Å²) in [5.41, 5.74) is 1.88. The van der Waals surface area contributed by atoms with Crippen molar-refractivity contribution >= 4 is 16.9 Å². The monoisotopic (exact) mass is 361 g/mol. The van der Waals surface area contributed by atoms with Gasteiger partial charge in [0.15, 0.2) is 11.2 Å². The molecule has 0 unspecified atom stereocenters. The van der Waals surface area contributed by atoms with E-state index in [4.69, 9.17) is 0 Å². The number of para-hydroxylation sites is 1. The van der Waals surface area contributed by atoms with E-state index in [0.29, 0.717) is 30.1 Å². The maximum atomic E-state index is 12.5. The van der Waals surface area contributed by atoms with Crippen LogP contribution >= 0.6 is 0 Å². The number of anilines is 1. The number of hydrogen-bond acceptors (Lipinski definition) is 4.